The number of nitrogens with two attached hydrogens (primary N) is 1. The van der Waals surface area contributed by atoms with Crippen LogP contribution in [0.5, 0.6) is 0 Å². The highest BCUT2D eigenvalue weighted by Crippen LogP contribution is 2.45. The molecule has 2 aliphatic rings. The first kappa shape index (κ1) is 13.3. The Labute approximate surface area is 104 Å². The van der Waals surface area contributed by atoms with Crippen molar-refractivity contribution in [2.75, 3.05) is 12.9 Å². The maximum absolute atomic E-state index is 11.5. The second kappa shape index (κ2) is 4.52. The minimum Gasteiger partial charge on any atom is -0.375 e. The summed E-state index contributed by atoms with van der Waals surface area (Å²) in [6.45, 7) is 2.46. The Morgan fingerprint density at radius 2 is 2.06 bits per heavy atom. The molecule has 2 N–H and O–H groups in total. The van der Waals surface area contributed by atoms with Gasteiger partial charge < -0.3 is 10.5 Å². The van der Waals surface area contributed by atoms with Crippen molar-refractivity contribution in [1.82, 2.24) is 0 Å². The molecule has 2 rings (SSSR count). The molecule has 0 radical (unpaired) electrons. The molecule has 0 aromatic rings. The second-order valence-electron chi connectivity index (χ2n) is 5.75. The van der Waals surface area contributed by atoms with Crippen molar-refractivity contribution in [2.24, 2.45) is 11.7 Å². The Morgan fingerprint density at radius 3 is 2.53 bits per heavy atom. The molecule has 1 heterocycles. The number of sulfone groups is 1. The Balaban J connectivity index is 2.02. The van der Waals surface area contributed by atoms with E-state index in [0.29, 0.717) is 0 Å². The summed E-state index contributed by atoms with van der Waals surface area (Å²) >= 11 is 0. The number of hydrogen-bond acceptors (Lipinski definition) is 4. The van der Waals surface area contributed by atoms with Gasteiger partial charge in [-0.1, -0.05) is 0 Å². The lowest BCUT2D eigenvalue weighted by atomic mass is 9.70. The normalized spacial score (nSPS) is 31.8. The fraction of sp³-hybridized carbons (Fsp3) is 1.00. The van der Waals surface area contributed by atoms with E-state index in [-0.39, 0.29) is 17.6 Å². The minimum absolute atomic E-state index is 0.0394. The van der Waals surface area contributed by atoms with E-state index in [2.05, 4.69) is 0 Å². The van der Waals surface area contributed by atoms with Gasteiger partial charge in [0.1, 0.15) is 0 Å². The first-order valence-corrected chi connectivity index (χ1v) is 8.38. The zero-order valence-electron chi connectivity index (χ0n) is 10.7. The van der Waals surface area contributed by atoms with Crippen LogP contribution in [0.4, 0.5) is 0 Å². The SMILES string of the molecule is CC(C(N)C1CCOC2(CCC2)C1)S(C)(=O)=O. The highest BCUT2D eigenvalue weighted by atomic mass is 32.2. The molecule has 1 saturated carbocycles. The molecular weight excluding hydrogens is 238 g/mol. The van der Waals surface area contributed by atoms with Crippen LogP contribution in [0.1, 0.15) is 39.0 Å². The zero-order chi connectivity index (χ0) is 12.7. The molecule has 5 heteroatoms. The lowest BCUT2D eigenvalue weighted by Crippen LogP contribution is -2.52. The predicted octanol–water partition coefficient (Wildman–Crippen LogP) is 1.10. The van der Waals surface area contributed by atoms with Crippen LogP contribution >= 0.6 is 0 Å². The van der Waals surface area contributed by atoms with Crippen LogP contribution in [0, 0.1) is 5.92 Å². The summed E-state index contributed by atoms with van der Waals surface area (Å²) in [7, 11) is -3.04. The average molecular weight is 261 g/mol. The zero-order valence-corrected chi connectivity index (χ0v) is 11.5. The standard InChI is InChI=1S/C12H23NO3S/c1-9(17(2,14)15)11(13)10-4-7-16-12(8-10)5-3-6-12/h9-11H,3-8,13H2,1-2H3. The van der Waals surface area contributed by atoms with Crippen molar-refractivity contribution in [2.45, 2.75) is 55.9 Å². The van der Waals surface area contributed by atoms with Crippen LogP contribution in [-0.4, -0.2) is 38.2 Å². The Hall–Kier alpha value is -0.130. The molecule has 1 aliphatic carbocycles. The van der Waals surface area contributed by atoms with Crippen LogP contribution in [0.2, 0.25) is 0 Å². The monoisotopic (exact) mass is 261 g/mol. The third kappa shape index (κ3) is 2.66. The van der Waals surface area contributed by atoms with Gasteiger partial charge >= 0.3 is 0 Å². The molecule has 1 aliphatic heterocycles. The summed E-state index contributed by atoms with van der Waals surface area (Å²) in [6, 6.07) is -0.258. The van der Waals surface area contributed by atoms with Gasteiger partial charge in [0.2, 0.25) is 0 Å². The van der Waals surface area contributed by atoms with E-state index in [0.717, 1.165) is 32.3 Å². The molecule has 1 saturated heterocycles. The van der Waals surface area contributed by atoms with Gasteiger partial charge in [-0.2, -0.15) is 0 Å². The third-order valence-electron chi connectivity index (χ3n) is 4.56. The van der Waals surface area contributed by atoms with Crippen molar-refractivity contribution < 1.29 is 13.2 Å². The van der Waals surface area contributed by atoms with Crippen molar-refractivity contribution in [3.05, 3.63) is 0 Å². The summed E-state index contributed by atoms with van der Waals surface area (Å²) < 4.78 is 28.9. The van der Waals surface area contributed by atoms with E-state index < -0.39 is 15.1 Å². The van der Waals surface area contributed by atoms with Crippen LogP contribution in [0.25, 0.3) is 0 Å². The van der Waals surface area contributed by atoms with E-state index >= 15 is 0 Å². The van der Waals surface area contributed by atoms with E-state index in [4.69, 9.17) is 10.5 Å². The molecule has 0 aromatic heterocycles. The highest BCUT2D eigenvalue weighted by Gasteiger charge is 2.45. The van der Waals surface area contributed by atoms with Crippen molar-refractivity contribution in [3.63, 3.8) is 0 Å². The fourth-order valence-corrected chi connectivity index (χ4v) is 3.78. The molecule has 4 nitrogen and oxygen atoms in total. The Morgan fingerprint density at radius 1 is 1.41 bits per heavy atom. The molecule has 17 heavy (non-hydrogen) atoms. The minimum atomic E-state index is -3.04. The van der Waals surface area contributed by atoms with Crippen LogP contribution in [-0.2, 0) is 14.6 Å². The van der Waals surface area contributed by atoms with Gasteiger partial charge in [0.05, 0.1) is 10.9 Å². The van der Waals surface area contributed by atoms with E-state index in [9.17, 15) is 8.42 Å². The van der Waals surface area contributed by atoms with Gasteiger partial charge in [0, 0.05) is 18.9 Å². The summed E-state index contributed by atoms with van der Waals surface area (Å²) in [5.41, 5.74) is 6.18. The van der Waals surface area contributed by atoms with Gasteiger partial charge in [-0.05, 0) is 44.9 Å². The molecular formula is C12H23NO3S. The summed E-state index contributed by atoms with van der Waals surface area (Å²) in [5.74, 6) is 0.286. The fourth-order valence-electron chi connectivity index (χ4n) is 2.98. The first-order valence-electron chi connectivity index (χ1n) is 6.42. The van der Waals surface area contributed by atoms with Crippen molar-refractivity contribution in [3.8, 4) is 0 Å². The molecule has 3 atom stereocenters. The van der Waals surface area contributed by atoms with Crippen molar-refractivity contribution >= 4 is 9.84 Å². The van der Waals surface area contributed by atoms with Crippen LogP contribution < -0.4 is 5.73 Å². The van der Waals surface area contributed by atoms with E-state index in [1.165, 1.54) is 12.7 Å². The Bertz CT molecular complexity index is 375. The number of ether oxygens (including phenoxy) is 1. The molecule has 0 bridgehead atoms. The number of rotatable bonds is 3. The van der Waals surface area contributed by atoms with Gasteiger partial charge in [-0.15, -0.1) is 0 Å². The smallest absolute Gasteiger partial charge is 0.151 e. The van der Waals surface area contributed by atoms with Crippen LogP contribution in [0.3, 0.4) is 0 Å². The first-order chi connectivity index (χ1) is 7.84. The molecule has 0 aromatic carbocycles. The van der Waals surface area contributed by atoms with Gasteiger partial charge in [0.25, 0.3) is 0 Å². The largest absolute Gasteiger partial charge is 0.375 e. The summed E-state index contributed by atoms with van der Waals surface area (Å²) in [4.78, 5) is 0. The molecule has 2 fully saturated rings. The maximum atomic E-state index is 11.5. The predicted molar refractivity (Wildman–Crippen MR) is 67.5 cm³/mol. The maximum Gasteiger partial charge on any atom is 0.151 e. The average Bonchev–Trinajstić information content (AvgIpc) is 2.24. The molecule has 3 unspecified atom stereocenters. The van der Waals surface area contributed by atoms with Gasteiger partial charge in [0.15, 0.2) is 9.84 Å². The molecule has 0 amide bonds. The lowest BCUT2D eigenvalue weighted by molar-refractivity contribution is -0.145. The Kier molecular flexibility index (Phi) is 3.54. The van der Waals surface area contributed by atoms with Crippen molar-refractivity contribution in [1.29, 1.82) is 0 Å². The van der Waals surface area contributed by atoms with Crippen LogP contribution in [0.15, 0.2) is 0 Å². The van der Waals surface area contributed by atoms with Gasteiger partial charge in [-0.3, -0.25) is 0 Å². The number of hydrogen-bond donors (Lipinski definition) is 1. The summed E-state index contributed by atoms with van der Waals surface area (Å²) in [5, 5.41) is -0.456. The quantitative estimate of drug-likeness (QED) is 0.826. The van der Waals surface area contributed by atoms with E-state index in [1.54, 1.807) is 6.92 Å². The molecule has 1 spiro atoms. The lowest BCUT2D eigenvalue weighted by Gasteiger charge is -2.48. The molecule has 100 valence electrons. The van der Waals surface area contributed by atoms with E-state index in [1.807, 2.05) is 0 Å². The third-order valence-corrected chi connectivity index (χ3v) is 6.22. The second-order valence-corrected chi connectivity index (χ2v) is 8.15. The summed E-state index contributed by atoms with van der Waals surface area (Å²) in [6.07, 6.45) is 6.56. The van der Waals surface area contributed by atoms with Gasteiger partial charge in [-0.25, -0.2) is 8.42 Å². The highest BCUT2D eigenvalue weighted by molar-refractivity contribution is 7.91. The topological polar surface area (TPSA) is 69.4 Å².